The van der Waals surface area contributed by atoms with E-state index in [2.05, 4.69) is 36.5 Å². The third kappa shape index (κ3) is 9.71. The Morgan fingerprint density at radius 3 is 2.20 bits per heavy atom. The van der Waals surface area contributed by atoms with Gasteiger partial charge in [-0.05, 0) is 19.1 Å². The number of ether oxygens (including phenoxy) is 1. The molecule has 136 valence electrons. The second-order valence-corrected chi connectivity index (χ2v) is 7.06. The van der Waals surface area contributed by atoms with E-state index in [1.165, 1.54) is 0 Å². The SMILES string of the molecule is CC.CC.CCOc1ccc(C=[NH+]c2ccccc2)c(OB(Br)Br)c1. The molecule has 2 aromatic rings. The third-order valence-corrected chi connectivity index (χ3v) is 3.05. The summed E-state index contributed by atoms with van der Waals surface area (Å²) in [5.74, 6) is 1.51. The van der Waals surface area contributed by atoms with Gasteiger partial charge in [0.05, 0.1) is 12.2 Å². The Balaban J connectivity index is 0.00000134. The molecular formula is C19H27BBr2NO2+. The molecule has 0 aliphatic heterocycles. The molecule has 0 heterocycles. The lowest BCUT2D eigenvalue weighted by Crippen LogP contribution is -2.61. The number of hydrogen-bond acceptors (Lipinski definition) is 2. The van der Waals surface area contributed by atoms with Crippen molar-refractivity contribution in [3.8, 4) is 11.5 Å². The van der Waals surface area contributed by atoms with Crippen LogP contribution in [-0.2, 0) is 0 Å². The molecular weight excluding hydrogens is 445 g/mol. The highest BCUT2D eigenvalue weighted by molar-refractivity contribution is 9.48. The summed E-state index contributed by atoms with van der Waals surface area (Å²) in [5.41, 5.74) is 1.96. The van der Waals surface area contributed by atoms with E-state index in [4.69, 9.17) is 9.39 Å². The van der Waals surface area contributed by atoms with Crippen LogP contribution in [0.2, 0.25) is 0 Å². The lowest BCUT2D eigenvalue weighted by atomic mass is 10.2. The molecule has 2 rings (SSSR count). The molecule has 0 bridgehead atoms. The van der Waals surface area contributed by atoms with Crippen molar-refractivity contribution in [2.75, 3.05) is 6.61 Å². The summed E-state index contributed by atoms with van der Waals surface area (Å²) in [6.07, 6.45) is 1.91. The average molecular weight is 472 g/mol. The standard InChI is InChI=1S/C15H14BBr2NO2.2C2H6/c1-2-20-14-9-8-12(15(10-14)21-16(17)18)11-19-13-6-4-3-5-7-13;2*1-2/h3-11H,2H2,1H3;2*1-2H3/p+1. The zero-order valence-electron chi connectivity index (χ0n) is 15.6. The molecule has 6 heteroatoms. The molecule has 1 N–H and O–H groups in total. The monoisotopic (exact) mass is 470 g/mol. The van der Waals surface area contributed by atoms with Gasteiger partial charge < -0.3 is 9.39 Å². The quantitative estimate of drug-likeness (QED) is 0.468. The highest BCUT2D eigenvalue weighted by Crippen LogP contribution is 2.25. The molecule has 0 unspecified atom stereocenters. The van der Waals surface area contributed by atoms with E-state index in [9.17, 15) is 0 Å². The molecule has 0 aliphatic carbocycles. The maximum Gasteiger partial charge on any atom is 0.514 e. The van der Waals surface area contributed by atoms with Crippen LogP contribution < -0.4 is 14.4 Å². The second-order valence-electron chi connectivity index (χ2n) is 4.17. The minimum Gasteiger partial charge on any atom is -0.541 e. The van der Waals surface area contributed by atoms with Crippen molar-refractivity contribution < 1.29 is 14.4 Å². The van der Waals surface area contributed by atoms with Crippen LogP contribution in [0.15, 0.2) is 48.5 Å². The van der Waals surface area contributed by atoms with E-state index in [1.54, 1.807) is 0 Å². The molecule has 2 aromatic carbocycles. The number of rotatable bonds is 6. The molecule has 0 aliphatic rings. The van der Waals surface area contributed by atoms with Gasteiger partial charge in [-0.2, -0.15) is 0 Å². The van der Waals surface area contributed by atoms with Crippen LogP contribution in [0, 0.1) is 0 Å². The van der Waals surface area contributed by atoms with Crippen molar-refractivity contribution in [2.45, 2.75) is 34.6 Å². The smallest absolute Gasteiger partial charge is 0.514 e. The van der Waals surface area contributed by atoms with Gasteiger partial charge in [0.25, 0.3) is 0 Å². The average Bonchev–Trinajstić information content (AvgIpc) is 2.65. The first-order valence-corrected chi connectivity index (χ1v) is 10.4. The Labute approximate surface area is 168 Å². The maximum absolute atomic E-state index is 5.70. The number of benzene rings is 2. The predicted molar refractivity (Wildman–Crippen MR) is 117 cm³/mol. The fraction of sp³-hybridized carbons (Fsp3) is 0.316. The molecule has 3 nitrogen and oxygen atoms in total. The summed E-state index contributed by atoms with van der Waals surface area (Å²) in [7, 11) is 0. The van der Waals surface area contributed by atoms with Gasteiger partial charge in [-0.25, -0.2) is 4.99 Å². The summed E-state index contributed by atoms with van der Waals surface area (Å²) >= 11 is 6.65. The lowest BCUT2D eigenvalue weighted by molar-refractivity contribution is -0.346. The Hall–Kier alpha value is -1.27. The number of hydrogen-bond donors (Lipinski definition) is 1. The minimum atomic E-state index is -0.259. The van der Waals surface area contributed by atoms with Crippen molar-refractivity contribution in [1.82, 2.24) is 0 Å². The molecule has 0 aromatic heterocycles. The maximum atomic E-state index is 5.70. The van der Waals surface area contributed by atoms with E-state index >= 15 is 0 Å². The van der Waals surface area contributed by atoms with E-state index in [0.717, 1.165) is 22.7 Å². The van der Waals surface area contributed by atoms with E-state index in [1.807, 2.05) is 89.4 Å². The van der Waals surface area contributed by atoms with Gasteiger partial charge in [-0.3, -0.25) is 0 Å². The highest BCUT2D eigenvalue weighted by Gasteiger charge is 2.13. The number of nitrogens with one attached hydrogen (secondary N) is 1. The lowest BCUT2D eigenvalue weighted by Gasteiger charge is -2.10. The van der Waals surface area contributed by atoms with Gasteiger partial charge in [0.1, 0.15) is 11.5 Å². The topological polar surface area (TPSA) is 32.4 Å². The molecule has 0 amide bonds. The highest BCUT2D eigenvalue weighted by atomic mass is 79.9. The zero-order chi connectivity index (χ0) is 19.1. The van der Waals surface area contributed by atoms with Crippen LogP contribution in [-0.4, -0.2) is 17.4 Å². The Kier molecular flexibility index (Phi) is 14.3. The summed E-state index contributed by atoms with van der Waals surface area (Å²) in [6.45, 7) is 10.6. The van der Waals surface area contributed by atoms with Crippen molar-refractivity contribution in [3.63, 3.8) is 0 Å². The molecule has 0 saturated heterocycles. The van der Waals surface area contributed by atoms with Gasteiger partial charge in [0.15, 0.2) is 6.21 Å². The Morgan fingerprint density at radius 1 is 1.00 bits per heavy atom. The van der Waals surface area contributed by atoms with Crippen LogP contribution >= 0.6 is 31.5 Å². The van der Waals surface area contributed by atoms with Crippen molar-refractivity contribution in [2.24, 2.45) is 0 Å². The van der Waals surface area contributed by atoms with Crippen molar-refractivity contribution >= 4 is 48.0 Å². The van der Waals surface area contributed by atoms with Crippen LogP contribution in [0.4, 0.5) is 5.69 Å². The summed E-state index contributed by atoms with van der Waals surface area (Å²) in [4.78, 5) is 3.25. The van der Waals surface area contributed by atoms with E-state index < -0.39 is 0 Å². The van der Waals surface area contributed by atoms with E-state index in [-0.39, 0.29) is 4.56 Å². The second kappa shape index (κ2) is 15.0. The van der Waals surface area contributed by atoms with Crippen LogP contribution in [0.3, 0.4) is 0 Å². The molecule has 0 spiro atoms. The van der Waals surface area contributed by atoms with Gasteiger partial charge in [-0.1, -0.05) is 77.4 Å². The van der Waals surface area contributed by atoms with Crippen LogP contribution in [0.5, 0.6) is 11.5 Å². The molecule has 0 atom stereocenters. The first kappa shape index (κ1) is 23.7. The number of halogens is 2. The first-order valence-electron chi connectivity index (χ1n) is 8.55. The Morgan fingerprint density at radius 2 is 1.64 bits per heavy atom. The van der Waals surface area contributed by atoms with E-state index in [0.29, 0.717) is 6.61 Å². The van der Waals surface area contributed by atoms with Crippen LogP contribution in [0.1, 0.15) is 40.2 Å². The van der Waals surface area contributed by atoms with Gasteiger partial charge in [-0.15, -0.1) is 0 Å². The third-order valence-electron chi connectivity index (χ3n) is 2.68. The zero-order valence-corrected chi connectivity index (χ0v) is 18.7. The largest absolute Gasteiger partial charge is 0.541 e. The predicted octanol–water partition coefficient (Wildman–Crippen LogP) is 5.12. The number of para-hydroxylation sites is 1. The molecule has 25 heavy (non-hydrogen) atoms. The first-order chi connectivity index (χ1) is 12.2. The summed E-state index contributed by atoms with van der Waals surface area (Å²) in [6, 6.07) is 15.7. The molecule has 0 saturated carbocycles. The van der Waals surface area contributed by atoms with Crippen molar-refractivity contribution in [1.29, 1.82) is 0 Å². The fourth-order valence-electron chi connectivity index (χ4n) is 1.78. The van der Waals surface area contributed by atoms with Crippen molar-refractivity contribution in [3.05, 3.63) is 54.1 Å². The molecule has 0 fully saturated rings. The summed E-state index contributed by atoms with van der Waals surface area (Å²) in [5, 5.41) is 0. The summed E-state index contributed by atoms with van der Waals surface area (Å²) < 4.78 is 10.9. The van der Waals surface area contributed by atoms with Gasteiger partial charge >= 0.3 is 4.56 Å². The van der Waals surface area contributed by atoms with Gasteiger partial charge in [0.2, 0.25) is 5.69 Å². The molecule has 0 radical (unpaired) electrons. The minimum absolute atomic E-state index is 0.259. The van der Waals surface area contributed by atoms with Gasteiger partial charge in [0, 0.05) is 18.2 Å². The fourth-order valence-corrected chi connectivity index (χ4v) is 2.19. The normalized spacial score (nSPS) is 9.40. The van der Waals surface area contributed by atoms with Crippen LogP contribution in [0.25, 0.3) is 0 Å². The Bertz CT molecular complexity index is 608.